The number of benzene rings is 2. The first kappa shape index (κ1) is 21.8. The Kier molecular flexibility index (Phi) is 7.05. The predicted molar refractivity (Wildman–Crippen MR) is 124 cm³/mol. The van der Waals surface area contributed by atoms with E-state index in [9.17, 15) is 9.59 Å². The number of hydrogen-bond donors (Lipinski definition) is 0. The third kappa shape index (κ3) is 4.79. The molecule has 2 amide bonds. The molecule has 0 bridgehead atoms. The van der Waals surface area contributed by atoms with Crippen LogP contribution in [0.4, 0.5) is 16.2 Å². The predicted octanol–water partition coefficient (Wildman–Crippen LogP) is 4.67. The lowest BCUT2D eigenvalue weighted by molar-refractivity contribution is -0.122. The molecule has 1 fully saturated rings. The summed E-state index contributed by atoms with van der Waals surface area (Å²) in [5.74, 6) is 0.492. The highest BCUT2D eigenvalue weighted by atomic mass is 32.2. The maximum atomic E-state index is 12.8. The van der Waals surface area contributed by atoms with Crippen molar-refractivity contribution >= 4 is 40.4 Å². The topological polar surface area (TPSA) is 53.1 Å². The summed E-state index contributed by atoms with van der Waals surface area (Å²) in [7, 11) is 3.46. The zero-order valence-corrected chi connectivity index (χ0v) is 18.6. The first-order valence-corrected chi connectivity index (χ1v) is 10.7. The van der Waals surface area contributed by atoms with Crippen LogP contribution in [-0.4, -0.2) is 50.0 Å². The Labute approximate surface area is 182 Å². The molecule has 1 aliphatic heterocycles. The summed E-state index contributed by atoms with van der Waals surface area (Å²) in [5.41, 5.74) is 2.94. The minimum Gasteiger partial charge on any atom is -0.497 e. The van der Waals surface area contributed by atoms with Crippen molar-refractivity contribution in [1.82, 2.24) is 4.90 Å². The van der Waals surface area contributed by atoms with Crippen molar-refractivity contribution in [1.29, 1.82) is 0 Å². The number of ether oxygens (including phenoxy) is 1. The number of carbonyl (C=O) groups is 2. The third-order valence-corrected chi connectivity index (χ3v) is 5.97. The summed E-state index contributed by atoms with van der Waals surface area (Å²) in [5, 5.41) is -0.258. The van der Waals surface area contributed by atoms with Crippen LogP contribution in [-0.2, 0) is 4.79 Å². The lowest BCUT2D eigenvalue weighted by Gasteiger charge is -2.24. The van der Waals surface area contributed by atoms with Crippen LogP contribution in [0.1, 0.15) is 19.4 Å². The Morgan fingerprint density at radius 1 is 0.967 bits per heavy atom. The van der Waals surface area contributed by atoms with Crippen LogP contribution in [0.15, 0.2) is 53.4 Å². The Morgan fingerprint density at radius 2 is 1.57 bits per heavy atom. The van der Waals surface area contributed by atoms with Crippen LogP contribution < -0.4 is 14.5 Å². The number of hydrogen-bond acceptors (Lipinski definition) is 6. The van der Waals surface area contributed by atoms with Gasteiger partial charge in [0.1, 0.15) is 12.4 Å². The lowest BCUT2D eigenvalue weighted by Crippen LogP contribution is -2.38. The summed E-state index contributed by atoms with van der Waals surface area (Å²) in [6.07, 6.45) is 1.78. The zero-order valence-electron chi connectivity index (χ0n) is 17.8. The van der Waals surface area contributed by atoms with Gasteiger partial charge >= 0.3 is 0 Å². The fourth-order valence-corrected chi connectivity index (χ4v) is 4.11. The quantitative estimate of drug-likeness (QED) is 0.573. The maximum absolute atomic E-state index is 12.8. The molecule has 2 aromatic rings. The number of imide groups is 1. The van der Waals surface area contributed by atoms with Gasteiger partial charge in [-0.2, -0.15) is 0 Å². The molecule has 0 radical (unpaired) electrons. The Bertz CT molecular complexity index is 922. The van der Waals surface area contributed by atoms with E-state index in [4.69, 9.17) is 4.74 Å². The Balaban J connectivity index is 1.70. The van der Waals surface area contributed by atoms with Crippen molar-refractivity contribution in [3.63, 3.8) is 0 Å². The number of rotatable bonds is 8. The minimum absolute atomic E-state index is 0.190. The van der Waals surface area contributed by atoms with Gasteiger partial charge in [0.25, 0.3) is 11.1 Å². The van der Waals surface area contributed by atoms with E-state index in [2.05, 4.69) is 18.7 Å². The second-order valence-corrected chi connectivity index (χ2v) is 7.90. The maximum Gasteiger partial charge on any atom is 0.295 e. The molecular formula is C23H27N3O3S. The fourth-order valence-electron chi connectivity index (χ4n) is 3.27. The molecule has 0 N–H and O–H groups in total. The molecular weight excluding hydrogens is 398 g/mol. The molecule has 158 valence electrons. The Morgan fingerprint density at radius 3 is 2.13 bits per heavy atom. The van der Waals surface area contributed by atoms with Gasteiger partial charge in [-0.1, -0.05) is 12.1 Å². The van der Waals surface area contributed by atoms with E-state index in [1.807, 2.05) is 60.5 Å². The van der Waals surface area contributed by atoms with Gasteiger partial charge in [-0.05, 0) is 73.6 Å². The van der Waals surface area contributed by atoms with E-state index < -0.39 is 0 Å². The molecule has 6 nitrogen and oxygen atoms in total. The molecule has 2 aromatic carbocycles. The highest BCUT2D eigenvalue weighted by Gasteiger charge is 2.35. The molecule has 1 aliphatic rings. The average Bonchev–Trinajstić information content (AvgIpc) is 3.03. The smallest absolute Gasteiger partial charge is 0.295 e. The molecule has 30 heavy (non-hydrogen) atoms. The van der Waals surface area contributed by atoms with Gasteiger partial charge in [-0.25, -0.2) is 4.90 Å². The van der Waals surface area contributed by atoms with Crippen LogP contribution in [0.5, 0.6) is 5.75 Å². The van der Waals surface area contributed by atoms with Crippen molar-refractivity contribution in [2.75, 3.05) is 43.7 Å². The van der Waals surface area contributed by atoms with Crippen molar-refractivity contribution in [2.24, 2.45) is 0 Å². The van der Waals surface area contributed by atoms with Crippen molar-refractivity contribution < 1.29 is 14.3 Å². The molecule has 0 spiro atoms. The summed E-state index contributed by atoms with van der Waals surface area (Å²) in [6.45, 7) is 6.31. The first-order valence-electron chi connectivity index (χ1n) is 9.92. The highest BCUT2D eigenvalue weighted by molar-refractivity contribution is 8.18. The van der Waals surface area contributed by atoms with Gasteiger partial charge in [0.2, 0.25) is 0 Å². The summed E-state index contributed by atoms with van der Waals surface area (Å²) >= 11 is 0.981. The van der Waals surface area contributed by atoms with Gasteiger partial charge in [0.15, 0.2) is 0 Å². The highest BCUT2D eigenvalue weighted by Crippen LogP contribution is 2.33. The molecule has 1 heterocycles. The van der Waals surface area contributed by atoms with Gasteiger partial charge < -0.3 is 14.5 Å². The molecule has 0 atom stereocenters. The van der Waals surface area contributed by atoms with E-state index in [-0.39, 0.29) is 17.8 Å². The summed E-state index contributed by atoms with van der Waals surface area (Å²) < 4.78 is 5.17. The molecule has 0 unspecified atom stereocenters. The molecule has 3 rings (SSSR count). The number of nitrogens with zero attached hydrogens (tertiary/aromatic N) is 3. The van der Waals surface area contributed by atoms with Crippen molar-refractivity contribution in [3.05, 3.63) is 59.0 Å². The van der Waals surface area contributed by atoms with Crippen LogP contribution >= 0.6 is 11.8 Å². The Hall–Kier alpha value is -2.93. The normalized spacial score (nSPS) is 15.1. The van der Waals surface area contributed by atoms with Crippen LogP contribution in [0.3, 0.4) is 0 Å². The SMILES string of the molecule is CCN(CC)c1ccc(C=C2SC(=O)N(CN(C)c3ccc(OC)cc3)C2=O)cc1. The van der Waals surface area contributed by atoms with E-state index in [1.165, 1.54) is 4.90 Å². The van der Waals surface area contributed by atoms with E-state index in [1.54, 1.807) is 13.2 Å². The van der Waals surface area contributed by atoms with Crippen LogP contribution in [0, 0.1) is 0 Å². The van der Waals surface area contributed by atoms with Crippen LogP contribution in [0.2, 0.25) is 0 Å². The number of anilines is 2. The fraction of sp³-hybridized carbons (Fsp3) is 0.304. The minimum atomic E-state index is -0.266. The zero-order chi connectivity index (χ0) is 21.7. The number of amides is 2. The molecule has 1 saturated heterocycles. The average molecular weight is 426 g/mol. The third-order valence-electron chi connectivity index (χ3n) is 5.06. The standard InChI is InChI=1S/C23H27N3O3S/c1-5-25(6-2)19-9-7-17(8-10-19)15-21-22(27)26(23(28)30-21)16-24(3)18-11-13-20(29-4)14-12-18/h7-15H,5-6,16H2,1-4H3. The van der Waals surface area contributed by atoms with Gasteiger partial charge in [0, 0.05) is 31.5 Å². The van der Waals surface area contributed by atoms with Gasteiger partial charge in [-0.15, -0.1) is 0 Å². The number of thioether (sulfide) groups is 1. The van der Waals surface area contributed by atoms with Crippen molar-refractivity contribution in [2.45, 2.75) is 13.8 Å². The molecule has 0 saturated carbocycles. The van der Waals surface area contributed by atoms with Crippen molar-refractivity contribution in [3.8, 4) is 5.75 Å². The number of carbonyl (C=O) groups excluding carboxylic acids is 2. The largest absolute Gasteiger partial charge is 0.497 e. The summed E-state index contributed by atoms with van der Waals surface area (Å²) in [4.78, 5) is 31.1. The van der Waals surface area contributed by atoms with E-state index in [0.29, 0.717) is 4.91 Å². The number of methoxy groups -OCH3 is 1. The second-order valence-electron chi connectivity index (χ2n) is 6.91. The van der Waals surface area contributed by atoms with E-state index in [0.717, 1.165) is 47.5 Å². The molecule has 7 heteroatoms. The van der Waals surface area contributed by atoms with Crippen LogP contribution in [0.25, 0.3) is 6.08 Å². The second kappa shape index (κ2) is 9.71. The molecule has 0 aliphatic carbocycles. The first-order chi connectivity index (χ1) is 14.5. The summed E-state index contributed by atoms with van der Waals surface area (Å²) in [6, 6.07) is 15.5. The van der Waals surface area contributed by atoms with Gasteiger partial charge in [0.05, 0.1) is 12.0 Å². The molecule has 0 aromatic heterocycles. The van der Waals surface area contributed by atoms with Gasteiger partial charge in [-0.3, -0.25) is 9.59 Å². The monoisotopic (exact) mass is 425 g/mol. The lowest BCUT2D eigenvalue weighted by atomic mass is 10.1. The van der Waals surface area contributed by atoms with E-state index >= 15 is 0 Å².